The lowest BCUT2D eigenvalue weighted by Gasteiger charge is -2.24. The lowest BCUT2D eigenvalue weighted by Crippen LogP contribution is -2.35. The third-order valence-corrected chi connectivity index (χ3v) is 3.18. The number of halogens is 1. The second-order valence-electron chi connectivity index (χ2n) is 4.56. The number of benzene rings is 1. The Morgan fingerprint density at radius 3 is 2.67 bits per heavy atom. The maximum Gasteiger partial charge on any atom is 0.256 e. The molecule has 100 valence electrons. The Hall–Kier alpha value is -1.58. The van der Waals surface area contributed by atoms with Crippen molar-refractivity contribution in [3.8, 4) is 0 Å². The van der Waals surface area contributed by atoms with Crippen LogP contribution in [0.4, 0.5) is 10.1 Å². The Bertz CT molecular complexity index is 420. The van der Waals surface area contributed by atoms with E-state index >= 15 is 0 Å². The molecule has 0 aliphatic rings. The topological polar surface area (TPSA) is 46.3 Å². The van der Waals surface area contributed by atoms with E-state index in [0.717, 1.165) is 6.42 Å². The number of anilines is 1. The van der Waals surface area contributed by atoms with Gasteiger partial charge in [-0.2, -0.15) is 0 Å². The average Bonchev–Trinajstić information content (AvgIpc) is 2.38. The fourth-order valence-corrected chi connectivity index (χ4v) is 1.75. The molecule has 1 atom stereocenters. The molecule has 0 radical (unpaired) electrons. The van der Waals surface area contributed by atoms with E-state index in [4.69, 9.17) is 5.73 Å². The molecule has 1 unspecified atom stereocenters. The Kier molecular flexibility index (Phi) is 5.13. The van der Waals surface area contributed by atoms with Crippen molar-refractivity contribution in [3.05, 3.63) is 29.6 Å². The lowest BCUT2D eigenvalue weighted by molar-refractivity contribution is 0.0741. The van der Waals surface area contributed by atoms with Gasteiger partial charge < -0.3 is 10.6 Å². The molecule has 1 aromatic rings. The molecule has 0 bridgehead atoms. The van der Waals surface area contributed by atoms with Crippen LogP contribution in [0.2, 0.25) is 0 Å². The molecule has 0 heterocycles. The minimum absolute atomic E-state index is 0.0647. The molecule has 3 nitrogen and oxygen atoms in total. The summed E-state index contributed by atoms with van der Waals surface area (Å²) in [7, 11) is 0. The highest BCUT2D eigenvalue weighted by Crippen LogP contribution is 2.18. The first-order valence-corrected chi connectivity index (χ1v) is 6.34. The molecule has 0 aromatic heterocycles. The molecule has 0 spiro atoms. The van der Waals surface area contributed by atoms with Gasteiger partial charge in [0, 0.05) is 13.1 Å². The smallest absolute Gasteiger partial charge is 0.256 e. The quantitative estimate of drug-likeness (QED) is 0.819. The van der Waals surface area contributed by atoms with Gasteiger partial charge >= 0.3 is 0 Å². The number of nitrogens with zero attached hydrogens (tertiary/aromatic N) is 1. The summed E-state index contributed by atoms with van der Waals surface area (Å²) in [5.74, 6) is -0.320. The van der Waals surface area contributed by atoms with Crippen molar-refractivity contribution in [2.24, 2.45) is 5.92 Å². The zero-order valence-corrected chi connectivity index (χ0v) is 11.2. The van der Waals surface area contributed by atoms with Gasteiger partial charge in [-0.1, -0.05) is 26.3 Å². The number of para-hydroxylation sites is 1. The van der Waals surface area contributed by atoms with Crippen molar-refractivity contribution < 1.29 is 9.18 Å². The number of carbonyl (C=O) groups excluding carboxylic acids is 1. The van der Waals surface area contributed by atoms with Crippen molar-refractivity contribution in [3.63, 3.8) is 0 Å². The standard InChI is InChI=1S/C14H21FN2O/c1-4-10(3)9-17(5-2)14(18)11-7-6-8-12(15)13(11)16/h6-8,10H,4-5,9,16H2,1-3H3. The third-order valence-electron chi connectivity index (χ3n) is 3.18. The second-order valence-corrected chi connectivity index (χ2v) is 4.56. The number of rotatable bonds is 5. The van der Waals surface area contributed by atoms with Gasteiger partial charge in [0.25, 0.3) is 5.91 Å². The van der Waals surface area contributed by atoms with E-state index in [1.807, 2.05) is 6.92 Å². The van der Waals surface area contributed by atoms with Gasteiger partial charge in [0.05, 0.1) is 11.3 Å². The highest BCUT2D eigenvalue weighted by molar-refractivity contribution is 5.99. The fraction of sp³-hybridized carbons (Fsp3) is 0.500. The number of carbonyl (C=O) groups is 1. The van der Waals surface area contributed by atoms with E-state index in [1.165, 1.54) is 12.1 Å². The van der Waals surface area contributed by atoms with Crippen LogP contribution in [0.15, 0.2) is 18.2 Å². The van der Waals surface area contributed by atoms with Crippen molar-refractivity contribution in [1.82, 2.24) is 4.90 Å². The number of hydrogen-bond acceptors (Lipinski definition) is 2. The van der Waals surface area contributed by atoms with E-state index in [9.17, 15) is 9.18 Å². The summed E-state index contributed by atoms with van der Waals surface area (Å²) in [6, 6.07) is 4.34. The molecule has 0 aliphatic heterocycles. The summed E-state index contributed by atoms with van der Waals surface area (Å²) in [6.07, 6.45) is 1.00. The second kappa shape index (κ2) is 6.38. The predicted octanol–water partition coefficient (Wildman–Crippen LogP) is 2.92. The molecule has 0 aliphatic carbocycles. The van der Waals surface area contributed by atoms with Gasteiger partial charge in [0.15, 0.2) is 0 Å². The van der Waals surface area contributed by atoms with Gasteiger partial charge in [0.2, 0.25) is 0 Å². The van der Waals surface area contributed by atoms with Gasteiger partial charge in [0.1, 0.15) is 5.82 Å². The molecular formula is C14H21FN2O. The third kappa shape index (κ3) is 3.22. The highest BCUT2D eigenvalue weighted by atomic mass is 19.1. The zero-order chi connectivity index (χ0) is 13.7. The first-order chi connectivity index (χ1) is 8.51. The van der Waals surface area contributed by atoms with Crippen LogP contribution in [0.25, 0.3) is 0 Å². The number of nitrogens with two attached hydrogens (primary N) is 1. The Balaban J connectivity index is 2.93. The molecule has 0 saturated heterocycles. The molecule has 4 heteroatoms. The average molecular weight is 252 g/mol. The molecule has 1 amide bonds. The van der Waals surface area contributed by atoms with Crippen molar-refractivity contribution in [1.29, 1.82) is 0 Å². The molecular weight excluding hydrogens is 231 g/mol. The SMILES string of the molecule is CCC(C)CN(CC)C(=O)c1cccc(F)c1N. The molecule has 2 N–H and O–H groups in total. The predicted molar refractivity (Wildman–Crippen MR) is 71.8 cm³/mol. The summed E-state index contributed by atoms with van der Waals surface area (Å²) in [5.41, 5.74) is 5.80. The molecule has 18 heavy (non-hydrogen) atoms. The van der Waals surface area contributed by atoms with Gasteiger partial charge in [-0.3, -0.25) is 4.79 Å². The van der Waals surface area contributed by atoms with Gasteiger partial charge in [-0.15, -0.1) is 0 Å². The van der Waals surface area contributed by atoms with Crippen LogP contribution in [-0.2, 0) is 0 Å². The number of hydrogen-bond donors (Lipinski definition) is 1. The minimum atomic E-state index is -0.541. The maximum atomic E-state index is 13.3. The maximum absolute atomic E-state index is 13.3. The molecule has 1 rings (SSSR count). The summed E-state index contributed by atoms with van der Waals surface area (Å²) >= 11 is 0. The van der Waals surface area contributed by atoms with Crippen molar-refractivity contribution in [2.45, 2.75) is 27.2 Å². The van der Waals surface area contributed by atoms with Crippen LogP contribution in [0.3, 0.4) is 0 Å². The molecule has 0 saturated carbocycles. The lowest BCUT2D eigenvalue weighted by atomic mass is 10.1. The Morgan fingerprint density at radius 2 is 2.11 bits per heavy atom. The summed E-state index contributed by atoms with van der Waals surface area (Å²) in [4.78, 5) is 14.0. The summed E-state index contributed by atoms with van der Waals surface area (Å²) < 4.78 is 13.3. The van der Waals surface area contributed by atoms with Crippen LogP contribution in [0, 0.1) is 11.7 Å². The van der Waals surface area contributed by atoms with E-state index in [1.54, 1.807) is 11.0 Å². The van der Waals surface area contributed by atoms with Gasteiger partial charge in [-0.05, 0) is 25.0 Å². The van der Waals surface area contributed by atoms with Crippen LogP contribution in [0.5, 0.6) is 0 Å². The van der Waals surface area contributed by atoms with Crippen LogP contribution in [-0.4, -0.2) is 23.9 Å². The van der Waals surface area contributed by atoms with E-state index in [-0.39, 0.29) is 17.2 Å². The Labute approximate surface area is 108 Å². The van der Waals surface area contributed by atoms with E-state index < -0.39 is 5.82 Å². The van der Waals surface area contributed by atoms with E-state index in [2.05, 4.69) is 13.8 Å². The fourth-order valence-electron chi connectivity index (χ4n) is 1.75. The summed E-state index contributed by atoms with van der Waals surface area (Å²) in [6.45, 7) is 7.35. The molecule has 1 aromatic carbocycles. The van der Waals surface area contributed by atoms with Crippen molar-refractivity contribution in [2.75, 3.05) is 18.8 Å². The first-order valence-electron chi connectivity index (χ1n) is 6.34. The Morgan fingerprint density at radius 1 is 1.44 bits per heavy atom. The van der Waals surface area contributed by atoms with Gasteiger partial charge in [-0.25, -0.2) is 4.39 Å². The number of nitrogen functional groups attached to an aromatic ring is 1. The summed E-state index contributed by atoms with van der Waals surface area (Å²) in [5, 5.41) is 0. The molecule has 0 fully saturated rings. The largest absolute Gasteiger partial charge is 0.396 e. The zero-order valence-electron chi connectivity index (χ0n) is 11.2. The van der Waals surface area contributed by atoms with Crippen LogP contribution in [0.1, 0.15) is 37.6 Å². The highest BCUT2D eigenvalue weighted by Gasteiger charge is 2.19. The minimum Gasteiger partial charge on any atom is -0.396 e. The monoisotopic (exact) mass is 252 g/mol. The van der Waals surface area contributed by atoms with E-state index in [0.29, 0.717) is 19.0 Å². The van der Waals surface area contributed by atoms with Crippen molar-refractivity contribution >= 4 is 11.6 Å². The normalized spacial score (nSPS) is 12.2. The van der Waals surface area contributed by atoms with Crippen LogP contribution >= 0.6 is 0 Å². The van der Waals surface area contributed by atoms with Crippen LogP contribution < -0.4 is 5.73 Å². The first kappa shape index (κ1) is 14.5. The number of amides is 1.